The molecule has 0 spiro atoms. The molecule has 1 fully saturated rings. The van der Waals surface area contributed by atoms with Crippen molar-refractivity contribution in [2.75, 3.05) is 32.4 Å². The number of benzene rings is 1. The van der Waals surface area contributed by atoms with E-state index in [0.717, 1.165) is 25.1 Å². The smallest absolute Gasteiger partial charge is 0.257 e. The van der Waals surface area contributed by atoms with E-state index in [4.69, 9.17) is 5.73 Å². The van der Waals surface area contributed by atoms with Gasteiger partial charge in [0.25, 0.3) is 5.91 Å². The van der Waals surface area contributed by atoms with Gasteiger partial charge in [0.05, 0.1) is 11.3 Å². The highest BCUT2D eigenvalue weighted by Crippen LogP contribution is 2.21. The van der Waals surface area contributed by atoms with E-state index in [9.17, 15) is 13.6 Å². The molecule has 0 aliphatic carbocycles. The first-order chi connectivity index (χ1) is 9.40. The molecule has 1 aliphatic rings. The van der Waals surface area contributed by atoms with Crippen molar-refractivity contribution in [2.45, 2.75) is 19.4 Å². The topological polar surface area (TPSA) is 49.6 Å². The molecule has 2 N–H and O–H groups in total. The predicted octanol–water partition coefficient (Wildman–Crippen LogP) is 1.71. The lowest BCUT2D eigenvalue weighted by atomic mass is 10.1. The van der Waals surface area contributed by atoms with Crippen LogP contribution in [0, 0.1) is 11.6 Å². The maximum Gasteiger partial charge on any atom is 0.257 e. The van der Waals surface area contributed by atoms with Crippen LogP contribution < -0.4 is 5.73 Å². The van der Waals surface area contributed by atoms with E-state index in [1.807, 2.05) is 14.0 Å². The second-order valence-corrected chi connectivity index (χ2v) is 5.32. The lowest BCUT2D eigenvalue weighted by Gasteiger charge is -2.28. The van der Waals surface area contributed by atoms with Crippen LogP contribution in [-0.4, -0.2) is 48.4 Å². The Kier molecular flexibility index (Phi) is 4.23. The van der Waals surface area contributed by atoms with Crippen molar-refractivity contribution in [3.63, 3.8) is 0 Å². The van der Waals surface area contributed by atoms with E-state index in [-0.39, 0.29) is 17.3 Å². The van der Waals surface area contributed by atoms with Crippen LogP contribution in [-0.2, 0) is 0 Å². The van der Waals surface area contributed by atoms with Gasteiger partial charge in [-0.25, -0.2) is 8.78 Å². The average molecular weight is 283 g/mol. The van der Waals surface area contributed by atoms with E-state index in [0.29, 0.717) is 13.1 Å². The number of carbonyl (C=O) groups excluding carboxylic acids is 1. The van der Waals surface area contributed by atoms with Gasteiger partial charge in [-0.1, -0.05) is 0 Å². The van der Waals surface area contributed by atoms with Crippen LogP contribution in [0.5, 0.6) is 0 Å². The minimum absolute atomic E-state index is 0.0566. The number of halogens is 2. The minimum Gasteiger partial charge on any atom is -0.396 e. The fourth-order valence-corrected chi connectivity index (χ4v) is 2.59. The van der Waals surface area contributed by atoms with Gasteiger partial charge in [0.1, 0.15) is 5.82 Å². The molecule has 110 valence electrons. The van der Waals surface area contributed by atoms with E-state index >= 15 is 0 Å². The lowest BCUT2D eigenvalue weighted by molar-refractivity contribution is 0.0691. The highest BCUT2D eigenvalue weighted by molar-refractivity contribution is 5.95. The Bertz CT molecular complexity index is 521. The molecule has 0 saturated carbocycles. The monoisotopic (exact) mass is 283 g/mol. The molecule has 1 aliphatic heterocycles. The van der Waals surface area contributed by atoms with Crippen LogP contribution in [0.25, 0.3) is 0 Å². The van der Waals surface area contributed by atoms with E-state index in [2.05, 4.69) is 4.90 Å². The second kappa shape index (κ2) is 5.75. The Morgan fingerprint density at radius 2 is 2.05 bits per heavy atom. The number of nitrogens with two attached hydrogens (primary N) is 1. The highest BCUT2D eigenvalue weighted by atomic mass is 19.1. The normalized spacial score (nSPS) is 20.8. The van der Waals surface area contributed by atoms with Crippen LogP contribution in [0.2, 0.25) is 0 Å². The number of nitrogens with zero attached hydrogens (tertiary/aromatic N) is 2. The van der Waals surface area contributed by atoms with Gasteiger partial charge in [-0.3, -0.25) is 4.79 Å². The number of rotatable bonds is 1. The molecular weight excluding hydrogens is 264 g/mol. The maximum absolute atomic E-state index is 13.9. The number of hydrogen-bond donors (Lipinski definition) is 1. The summed E-state index contributed by atoms with van der Waals surface area (Å²) in [6, 6.07) is 1.74. The van der Waals surface area contributed by atoms with Crippen LogP contribution in [0.1, 0.15) is 23.7 Å². The van der Waals surface area contributed by atoms with Crippen molar-refractivity contribution in [1.29, 1.82) is 0 Å². The standard InChI is InChI=1S/C14H19F2N3O/c1-9-8-18(2)4-3-5-19(9)14(20)11-6-10(15)7-12(17)13(11)16/h6-7,9H,3-5,8,17H2,1-2H3. The summed E-state index contributed by atoms with van der Waals surface area (Å²) in [6.45, 7) is 4.01. The predicted molar refractivity (Wildman–Crippen MR) is 73.4 cm³/mol. The first-order valence-corrected chi connectivity index (χ1v) is 6.64. The van der Waals surface area contributed by atoms with E-state index in [1.54, 1.807) is 4.90 Å². The molecule has 0 radical (unpaired) electrons. The van der Waals surface area contributed by atoms with Gasteiger partial charge in [-0.2, -0.15) is 0 Å². The molecule has 1 aromatic rings. The lowest BCUT2D eigenvalue weighted by Crippen LogP contribution is -2.42. The first-order valence-electron chi connectivity index (χ1n) is 6.64. The maximum atomic E-state index is 13.9. The third kappa shape index (κ3) is 2.90. The van der Waals surface area contributed by atoms with Crippen molar-refractivity contribution in [3.8, 4) is 0 Å². The molecule has 4 nitrogen and oxygen atoms in total. The van der Waals surface area contributed by atoms with Gasteiger partial charge in [0.2, 0.25) is 0 Å². The summed E-state index contributed by atoms with van der Waals surface area (Å²) in [7, 11) is 1.98. The van der Waals surface area contributed by atoms with Crippen molar-refractivity contribution >= 4 is 11.6 Å². The molecule has 20 heavy (non-hydrogen) atoms. The highest BCUT2D eigenvalue weighted by Gasteiger charge is 2.27. The van der Waals surface area contributed by atoms with Gasteiger partial charge in [0, 0.05) is 19.1 Å². The Hall–Kier alpha value is -1.69. The van der Waals surface area contributed by atoms with Gasteiger partial charge < -0.3 is 15.5 Å². The summed E-state index contributed by atoms with van der Waals surface area (Å²) in [6.07, 6.45) is 0.805. The summed E-state index contributed by atoms with van der Waals surface area (Å²) in [5.74, 6) is -2.05. The number of nitrogen functional groups attached to an aromatic ring is 1. The van der Waals surface area contributed by atoms with Crippen LogP contribution in [0.15, 0.2) is 12.1 Å². The van der Waals surface area contributed by atoms with Crippen LogP contribution in [0.3, 0.4) is 0 Å². The SMILES string of the molecule is CC1CN(C)CCCN1C(=O)c1cc(F)cc(N)c1F. The third-order valence-electron chi connectivity index (χ3n) is 3.60. The van der Waals surface area contributed by atoms with Crippen molar-refractivity contribution in [2.24, 2.45) is 0 Å². The minimum atomic E-state index is -0.846. The molecule has 1 amide bonds. The van der Waals surface area contributed by atoms with Crippen molar-refractivity contribution in [1.82, 2.24) is 9.80 Å². The van der Waals surface area contributed by atoms with Gasteiger partial charge >= 0.3 is 0 Å². The molecule has 1 heterocycles. The molecule has 1 unspecified atom stereocenters. The Morgan fingerprint density at radius 3 is 2.75 bits per heavy atom. The zero-order valence-electron chi connectivity index (χ0n) is 11.7. The largest absolute Gasteiger partial charge is 0.396 e. The Labute approximate surface area is 117 Å². The summed E-state index contributed by atoms with van der Waals surface area (Å²) in [5, 5.41) is 0. The molecule has 6 heteroatoms. The Morgan fingerprint density at radius 1 is 1.35 bits per heavy atom. The van der Waals surface area contributed by atoms with Crippen LogP contribution >= 0.6 is 0 Å². The van der Waals surface area contributed by atoms with Crippen molar-refractivity contribution in [3.05, 3.63) is 29.3 Å². The van der Waals surface area contributed by atoms with Crippen LogP contribution in [0.4, 0.5) is 14.5 Å². The molecule has 2 rings (SSSR count). The van der Waals surface area contributed by atoms with Gasteiger partial charge in [0.15, 0.2) is 5.82 Å². The zero-order valence-corrected chi connectivity index (χ0v) is 11.7. The summed E-state index contributed by atoms with van der Waals surface area (Å²) in [5.41, 5.74) is 4.75. The number of likely N-dealkylation sites (N-methyl/N-ethyl adjacent to an activating group) is 1. The molecule has 0 aromatic heterocycles. The molecule has 1 atom stereocenters. The fourth-order valence-electron chi connectivity index (χ4n) is 2.59. The molecular formula is C14H19F2N3O. The molecule has 1 saturated heterocycles. The third-order valence-corrected chi connectivity index (χ3v) is 3.60. The van der Waals surface area contributed by atoms with E-state index in [1.165, 1.54) is 0 Å². The quantitative estimate of drug-likeness (QED) is 0.798. The summed E-state index contributed by atoms with van der Waals surface area (Å²) >= 11 is 0. The van der Waals surface area contributed by atoms with E-state index < -0.39 is 17.5 Å². The molecule has 0 bridgehead atoms. The van der Waals surface area contributed by atoms with Crippen molar-refractivity contribution < 1.29 is 13.6 Å². The number of anilines is 1. The number of hydrogen-bond acceptors (Lipinski definition) is 3. The summed E-state index contributed by atoms with van der Waals surface area (Å²) in [4.78, 5) is 16.1. The second-order valence-electron chi connectivity index (χ2n) is 5.32. The average Bonchev–Trinajstić information content (AvgIpc) is 2.53. The number of carbonyl (C=O) groups is 1. The number of amides is 1. The summed E-state index contributed by atoms with van der Waals surface area (Å²) < 4.78 is 27.3. The Balaban J connectivity index is 2.31. The fraction of sp³-hybridized carbons (Fsp3) is 0.500. The molecule has 1 aromatic carbocycles. The zero-order chi connectivity index (χ0) is 14.9. The van der Waals surface area contributed by atoms with Gasteiger partial charge in [-0.15, -0.1) is 0 Å². The van der Waals surface area contributed by atoms with Gasteiger partial charge in [-0.05, 0) is 39.1 Å². The first kappa shape index (κ1) is 14.7.